The third-order valence-corrected chi connectivity index (χ3v) is 4.38. The summed E-state index contributed by atoms with van der Waals surface area (Å²) in [4.78, 5) is 0. The molecular formula is C18H27F3O. The molecule has 126 valence electrons. The van der Waals surface area contributed by atoms with Crippen molar-refractivity contribution in [3.05, 3.63) is 35.4 Å². The Morgan fingerprint density at radius 1 is 0.955 bits per heavy atom. The van der Waals surface area contributed by atoms with Gasteiger partial charge in [0.1, 0.15) is 6.10 Å². The Hall–Kier alpha value is -1.03. The van der Waals surface area contributed by atoms with E-state index >= 15 is 0 Å². The summed E-state index contributed by atoms with van der Waals surface area (Å²) in [7, 11) is 0. The van der Waals surface area contributed by atoms with Gasteiger partial charge in [-0.25, -0.2) is 0 Å². The summed E-state index contributed by atoms with van der Waals surface area (Å²) in [5.41, 5.74) is 1.71. The Balaban J connectivity index is 2.68. The van der Waals surface area contributed by atoms with Gasteiger partial charge in [0.25, 0.3) is 0 Å². The van der Waals surface area contributed by atoms with E-state index in [1.165, 1.54) is 11.1 Å². The van der Waals surface area contributed by atoms with Crippen molar-refractivity contribution in [1.82, 2.24) is 0 Å². The molecule has 0 aliphatic heterocycles. The highest BCUT2D eigenvalue weighted by molar-refractivity contribution is 5.27. The van der Waals surface area contributed by atoms with Crippen molar-refractivity contribution in [3.8, 4) is 0 Å². The van der Waals surface area contributed by atoms with Crippen molar-refractivity contribution >= 4 is 0 Å². The molecule has 0 heterocycles. The van der Waals surface area contributed by atoms with Gasteiger partial charge < -0.3 is 5.11 Å². The third-order valence-electron chi connectivity index (χ3n) is 4.38. The smallest absolute Gasteiger partial charge is 0.384 e. The van der Waals surface area contributed by atoms with Crippen molar-refractivity contribution in [2.45, 2.75) is 71.6 Å². The minimum atomic E-state index is -4.54. The van der Waals surface area contributed by atoms with Crippen LogP contribution in [-0.4, -0.2) is 17.4 Å². The maximum absolute atomic E-state index is 12.5. The summed E-state index contributed by atoms with van der Waals surface area (Å²) < 4.78 is 37.5. The maximum Gasteiger partial charge on any atom is 0.414 e. The molecule has 22 heavy (non-hydrogen) atoms. The predicted molar refractivity (Wildman–Crippen MR) is 83.9 cm³/mol. The second kappa shape index (κ2) is 6.61. The number of rotatable bonds is 6. The monoisotopic (exact) mass is 316 g/mol. The molecular weight excluding hydrogens is 289 g/mol. The SMILES string of the molecule is Cc1ccc(C(C)(C)CCC(C)(C)CC(O)C(F)(F)F)cc1. The fraction of sp³-hybridized carbons (Fsp3) is 0.667. The van der Waals surface area contributed by atoms with E-state index in [2.05, 4.69) is 38.1 Å². The predicted octanol–water partition coefficient (Wildman–Crippen LogP) is 5.39. The minimum Gasteiger partial charge on any atom is -0.384 e. The lowest BCUT2D eigenvalue weighted by molar-refractivity contribution is -0.212. The Morgan fingerprint density at radius 2 is 1.45 bits per heavy atom. The van der Waals surface area contributed by atoms with Crippen LogP contribution in [0.5, 0.6) is 0 Å². The molecule has 0 amide bonds. The van der Waals surface area contributed by atoms with Gasteiger partial charge in [-0.2, -0.15) is 13.2 Å². The molecule has 0 bridgehead atoms. The first kappa shape index (κ1) is 19.0. The highest BCUT2D eigenvalue weighted by Gasteiger charge is 2.41. The van der Waals surface area contributed by atoms with Gasteiger partial charge >= 0.3 is 6.18 Å². The number of halogens is 3. The van der Waals surface area contributed by atoms with E-state index in [0.29, 0.717) is 6.42 Å². The van der Waals surface area contributed by atoms with Crippen LogP contribution in [0.3, 0.4) is 0 Å². The van der Waals surface area contributed by atoms with Gasteiger partial charge in [0.15, 0.2) is 0 Å². The molecule has 0 radical (unpaired) electrons. The summed E-state index contributed by atoms with van der Waals surface area (Å²) >= 11 is 0. The Kier molecular flexibility index (Phi) is 5.71. The van der Waals surface area contributed by atoms with E-state index in [1.807, 2.05) is 6.92 Å². The van der Waals surface area contributed by atoms with E-state index in [-0.39, 0.29) is 11.8 Å². The molecule has 1 atom stereocenters. The molecule has 4 heteroatoms. The first-order valence-electron chi connectivity index (χ1n) is 7.65. The van der Waals surface area contributed by atoms with Crippen molar-refractivity contribution in [3.63, 3.8) is 0 Å². The van der Waals surface area contributed by atoms with Crippen molar-refractivity contribution < 1.29 is 18.3 Å². The zero-order chi connectivity index (χ0) is 17.2. The van der Waals surface area contributed by atoms with E-state index in [4.69, 9.17) is 0 Å². The molecule has 1 N–H and O–H groups in total. The number of alkyl halides is 3. The molecule has 1 unspecified atom stereocenters. The van der Waals surface area contributed by atoms with Crippen LogP contribution in [0.15, 0.2) is 24.3 Å². The van der Waals surface area contributed by atoms with Crippen molar-refractivity contribution in [2.24, 2.45) is 5.41 Å². The molecule has 1 rings (SSSR count). The van der Waals surface area contributed by atoms with Gasteiger partial charge in [0.05, 0.1) is 0 Å². The van der Waals surface area contributed by atoms with Gasteiger partial charge in [-0.1, -0.05) is 57.5 Å². The minimum absolute atomic E-state index is 0.103. The lowest BCUT2D eigenvalue weighted by Crippen LogP contribution is -2.34. The van der Waals surface area contributed by atoms with Crippen LogP contribution in [0.25, 0.3) is 0 Å². The lowest BCUT2D eigenvalue weighted by atomic mass is 9.73. The number of benzene rings is 1. The second-order valence-corrected chi connectivity index (χ2v) is 7.68. The largest absolute Gasteiger partial charge is 0.414 e. The van der Waals surface area contributed by atoms with Crippen molar-refractivity contribution in [2.75, 3.05) is 0 Å². The van der Waals surface area contributed by atoms with Gasteiger partial charge in [-0.15, -0.1) is 0 Å². The molecule has 0 fully saturated rings. The first-order chi connectivity index (χ1) is 9.83. The van der Waals surface area contributed by atoms with Crippen LogP contribution in [0.1, 0.15) is 58.1 Å². The van der Waals surface area contributed by atoms with E-state index in [1.54, 1.807) is 13.8 Å². The molecule has 0 spiro atoms. The summed E-state index contributed by atoms with van der Waals surface area (Å²) in [6, 6.07) is 8.26. The number of hydrogen-bond acceptors (Lipinski definition) is 1. The molecule has 0 aliphatic rings. The zero-order valence-electron chi connectivity index (χ0n) is 14.1. The topological polar surface area (TPSA) is 20.2 Å². The molecule has 1 nitrogen and oxygen atoms in total. The normalized spacial score (nSPS) is 15.0. The van der Waals surface area contributed by atoms with E-state index < -0.39 is 17.7 Å². The van der Waals surface area contributed by atoms with Crippen molar-refractivity contribution in [1.29, 1.82) is 0 Å². The quantitative estimate of drug-likeness (QED) is 0.746. The van der Waals surface area contributed by atoms with Crippen LogP contribution in [-0.2, 0) is 5.41 Å². The molecule has 1 aromatic carbocycles. The van der Waals surface area contributed by atoms with Crippen LogP contribution in [0, 0.1) is 12.3 Å². The average Bonchev–Trinajstić information content (AvgIpc) is 2.36. The van der Waals surface area contributed by atoms with Gasteiger partial charge in [-0.05, 0) is 42.6 Å². The Labute approximate surface area is 131 Å². The Bertz CT molecular complexity index is 472. The highest BCUT2D eigenvalue weighted by atomic mass is 19.4. The lowest BCUT2D eigenvalue weighted by Gasteiger charge is -2.33. The highest BCUT2D eigenvalue weighted by Crippen LogP contribution is 2.38. The number of aryl methyl sites for hydroxylation is 1. The summed E-state index contributed by atoms with van der Waals surface area (Å²) in [5.74, 6) is 0. The fourth-order valence-electron chi connectivity index (χ4n) is 2.54. The molecule has 0 saturated heterocycles. The maximum atomic E-state index is 12.5. The second-order valence-electron chi connectivity index (χ2n) is 7.68. The van der Waals surface area contributed by atoms with Gasteiger partial charge in [-0.3, -0.25) is 0 Å². The Morgan fingerprint density at radius 3 is 1.91 bits per heavy atom. The summed E-state index contributed by atoms with van der Waals surface area (Å²) in [5, 5.41) is 9.27. The molecule has 1 aromatic rings. The molecule has 0 aliphatic carbocycles. The number of aliphatic hydroxyl groups excluding tert-OH is 1. The third kappa shape index (κ3) is 5.64. The average molecular weight is 316 g/mol. The van der Waals surface area contributed by atoms with Gasteiger partial charge in [0, 0.05) is 0 Å². The van der Waals surface area contributed by atoms with Crippen LogP contribution in [0.2, 0.25) is 0 Å². The summed E-state index contributed by atoms with van der Waals surface area (Å²) in [6.07, 6.45) is -5.65. The van der Waals surface area contributed by atoms with Crippen LogP contribution in [0.4, 0.5) is 13.2 Å². The van der Waals surface area contributed by atoms with Gasteiger partial charge in [0.2, 0.25) is 0 Å². The molecule has 0 aromatic heterocycles. The first-order valence-corrected chi connectivity index (χ1v) is 7.65. The van der Waals surface area contributed by atoms with Crippen LogP contribution >= 0.6 is 0 Å². The zero-order valence-corrected chi connectivity index (χ0v) is 14.1. The molecule has 0 saturated carbocycles. The van der Waals surface area contributed by atoms with Crippen LogP contribution < -0.4 is 0 Å². The van der Waals surface area contributed by atoms with E-state index in [0.717, 1.165) is 6.42 Å². The summed E-state index contributed by atoms with van der Waals surface area (Å²) in [6.45, 7) is 9.81. The number of aliphatic hydroxyl groups is 1. The standard InChI is InChI=1S/C18H27F3O/c1-13-6-8-14(9-7-13)17(4,5)11-10-16(2,3)12-15(22)18(19,20)21/h6-9,15,22H,10-12H2,1-5H3. The fourth-order valence-corrected chi connectivity index (χ4v) is 2.54. The van der Waals surface area contributed by atoms with E-state index in [9.17, 15) is 18.3 Å². The number of hydrogen-bond donors (Lipinski definition) is 1.